The second-order valence-electron chi connectivity index (χ2n) is 4.98. The predicted molar refractivity (Wildman–Crippen MR) is 94.6 cm³/mol. The molecule has 3 rings (SSSR count). The predicted octanol–water partition coefficient (Wildman–Crippen LogP) is 1.98. The number of nitrogens with two attached hydrogens (primary N) is 1. The van der Waals surface area contributed by atoms with E-state index in [9.17, 15) is 14.9 Å². The third-order valence-corrected chi connectivity index (χ3v) is 3.92. The van der Waals surface area contributed by atoms with E-state index in [1.165, 1.54) is 12.3 Å². The SMILES string of the molecule is Nc1nnc(CC(=O)N/N=C\c2ccc(-c3ccccc3[N+](=O)[O-])o2)s1. The summed E-state index contributed by atoms with van der Waals surface area (Å²) in [5.41, 5.74) is 8.06. The van der Waals surface area contributed by atoms with Gasteiger partial charge in [0.25, 0.3) is 5.69 Å². The molecule has 0 fully saturated rings. The van der Waals surface area contributed by atoms with Crippen molar-refractivity contribution in [3.63, 3.8) is 0 Å². The minimum Gasteiger partial charge on any atom is -0.455 e. The number of anilines is 1. The second kappa shape index (κ2) is 7.53. The Morgan fingerprint density at radius 2 is 2.15 bits per heavy atom. The highest BCUT2D eigenvalue weighted by Gasteiger charge is 2.16. The fraction of sp³-hybridized carbons (Fsp3) is 0.0667. The van der Waals surface area contributed by atoms with Crippen LogP contribution in [0.2, 0.25) is 0 Å². The van der Waals surface area contributed by atoms with Gasteiger partial charge in [-0.1, -0.05) is 23.5 Å². The summed E-state index contributed by atoms with van der Waals surface area (Å²) in [4.78, 5) is 22.3. The lowest BCUT2D eigenvalue weighted by Crippen LogP contribution is -2.19. The van der Waals surface area contributed by atoms with Crippen LogP contribution in [-0.2, 0) is 11.2 Å². The van der Waals surface area contributed by atoms with Crippen LogP contribution in [0.4, 0.5) is 10.8 Å². The number of benzene rings is 1. The molecule has 0 bridgehead atoms. The molecule has 2 heterocycles. The Morgan fingerprint density at radius 3 is 2.88 bits per heavy atom. The maximum absolute atomic E-state index is 11.7. The molecule has 3 aromatic rings. The van der Waals surface area contributed by atoms with Gasteiger partial charge in [0.1, 0.15) is 16.5 Å². The molecule has 26 heavy (non-hydrogen) atoms. The van der Waals surface area contributed by atoms with Crippen molar-refractivity contribution in [1.82, 2.24) is 15.6 Å². The summed E-state index contributed by atoms with van der Waals surface area (Å²) < 4.78 is 5.52. The Morgan fingerprint density at radius 1 is 1.35 bits per heavy atom. The van der Waals surface area contributed by atoms with Crippen molar-refractivity contribution in [3.8, 4) is 11.3 Å². The molecule has 0 aliphatic carbocycles. The van der Waals surface area contributed by atoms with Crippen molar-refractivity contribution < 1.29 is 14.1 Å². The first kappa shape index (κ1) is 17.2. The van der Waals surface area contributed by atoms with Gasteiger partial charge in [-0.3, -0.25) is 14.9 Å². The number of nitro groups is 1. The molecule has 0 aliphatic heterocycles. The van der Waals surface area contributed by atoms with E-state index in [2.05, 4.69) is 20.7 Å². The first-order valence-corrected chi connectivity index (χ1v) is 8.08. The third-order valence-electron chi connectivity index (χ3n) is 3.17. The minimum absolute atomic E-state index is 0.00578. The monoisotopic (exact) mass is 372 g/mol. The molecule has 0 unspecified atom stereocenters. The van der Waals surface area contributed by atoms with Crippen molar-refractivity contribution in [2.24, 2.45) is 5.10 Å². The molecule has 132 valence electrons. The van der Waals surface area contributed by atoms with Crippen LogP contribution in [0.1, 0.15) is 10.8 Å². The Balaban J connectivity index is 1.64. The molecule has 2 aromatic heterocycles. The zero-order chi connectivity index (χ0) is 18.5. The van der Waals surface area contributed by atoms with Gasteiger partial charge in [-0.15, -0.1) is 10.2 Å². The normalized spacial score (nSPS) is 10.9. The summed E-state index contributed by atoms with van der Waals surface area (Å²) in [6.07, 6.45) is 1.30. The largest absolute Gasteiger partial charge is 0.455 e. The molecule has 0 saturated heterocycles. The van der Waals surface area contributed by atoms with Crippen LogP contribution in [0.15, 0.2) is 45.9 Å². The number of nitrogen functional groups attached to an aromatic ring is 1. The van der Waals surface area contributed by atoms with Crippen molar-refractivity contribution in [2.75, 3.05) is 5.73 Å². The van der Waals surface area contributed by atoms with Gasteiger partial charge in [-0.25, -0.2) is 5.43 Å². The number of aromatic nitrogens is 2. The fourth-order valence-electron chi connectivity index (χ4n) is 2.09. The molecule has 3 N–H and O–H groups in total. The maximum atomic E-state index is 11.7. The lowest BCUT2D eigenvalue weighted by Gasteiger charge is -1.98. The van der Waals surface area contributed by atoms with E-state index in [4.69, 9.17) is 10.2 Å². The average Bonchev–Trinajstić information content (AvgIpc) is 3.24. The zero-order valence-electron chi connectivity index (χ0n) is 13.2. The molecular formula is C15H12N6O4S. The van der Waals surface area contributed by atoms with Crippen LogP contribution in [0.3, 0.4) is 0 Å². The van der Waals surface area contributed by atoms with Crippen LogP contribution in [0.5, 0.6) is 0 Å². The molecule has 0 saturated carbocycles. The summed E-state index contributed by atoms with van der Waals surface area (Å²) in [7, 11) is 0. The number of nitrogens with one attached hydrogen (secondary N) is 1. The van der Waals surface area contributed by atoms with E-state index in [1.807, 2.05) is 0 Å². The van der Waals surface area contributed by atoms with Gasteiger partial charge < -0.3 is 10.2 Å². The van der Waals surface area contributed by atoms with Gasteiger partial charge >= 0.3 is 0 Å². The van der Waals surface area contributed by atoms with E-state index in [0.717, 1.165) is 11.3 Å². The Labute approximate surface area is 150 Å². The van der Waals surface area contributed by atoms with Crippen molar-refractivity contribution in [2.45, 2.75) is 6.42 Å². The highest BCUT2D eigenvalue weighted by molar-refractivity contribution is 7.15. The summed E-state index contributed by atoms with van der Waals surface area (Å²) in [6.45, 7) is 0. The number of hydrogen-bond donors (Lipinski definition) is 2. The van der Waals surface area contributed by atoms with Gasteiger partial charge in [-0.05, 0) is 18.2 Å². The summed E-state index contributed by atoms with van der Waals surface area (Å²) >= 11 is 1.12. The molecule has 11 heteroatoms. The molecule has 0 aliphatic rings. The Kier molecular flexibility index (Phi) is 4.99. The van der Waals surface area contributed by atoms with E-state index in [0.29, 0.717) is 22.1 Å². The first-order chi connectivity index (χ1) is 12.5. The maximum Gasteiger partial charge on any atom is 0.280 e. The Hall–Kier alpha value is -3.60. The van der Waals surface area contributed by atoms with Crippen LogP contribution >= 0.6 is 11.3 Å². The standard InChI is InChI=1S/C15H12N6O4S/c16-15-20-19-14(26-15)7-13(22)18-17-8-9-5-6-12(25-9)10-3-1-2-4-11(10)21(23)24/h1-6,8H,7H2,(H2,16,20)(H,18,22)/b17-8-. The van der Waals surface area contributed by atoms with Crippen LogP contribution in [0.25, 0.3) is 11.3 Å². The van der Waals surface area contributed by atoms with Crippen molar-refractivity contribution >= 4 is 34.3 Å². The molecular weight excluding hydrogens is 360 g/mol. The number of nitro benzene ring substituents is 1. The molecule has 0 spiro atoms. The molecule has 0 atom stereocenters. The lowest BCUT2D eigenvalue weighted by atomic mass is 10.1. The lowest BCUT2D eigenvalue weighted by molar-refractivity contribution is -0.384. The number of nitrogens with zero attached hydrogens (tertiary/aromatic N) is 4. The highest BCUT2D eigenvalue weighted by atomic mass is 32.1. The van der Waals surface area contributed by atoms with E-state index >= 15 is 0 Å². The molecule has 0 radical (unpaired) electrons. The summed E-state index contributed by atoms with van der Waals surface area (Å²) in [5.74, 6) is 0.274. The topological polar surface area (TPSA) is 150 Å². The molecule has 1 aromatic carbocycles. The number of amides is 1. The van der Waals surface area contributed by atoms with Gasteiger partial charge in [0.2, 0.25) is 11.0 Å². The van der Waals surface area contributed by atoms with Gasteiger partial charge in [0.15, 0.2) is 0 Å². The number of hydrogen-bond acceptors (Lipinski definition) is 9. The second-order valence-corrected chi connectivity index (χ2v) is 6.07. The average molecular weight is 372 g/mol. The quantitative estimate of drug-likeness (QED) is 0.381. The van der Waals surface area contributed by atoms with Crippen molar-refractivity contribution in [1.29, 1.82) is 0 Å². The van der Waals surface area contributed by atoms with Crippen LogP contribution in [-0.4, -0.2) is 27.2 Å². The zero-order valence-corrected chi connectivity index (χ0v) is 14.0. The highest BCUT2D eigenvalue weighted by Crippen LogP contribution is 2.30. The van der Waals surface area contributed by atoms with Gasteiger partial charge in [0, 0.05) is 6.07 Å². The number of carbonyl (C=O) groups excluding carboxylic acids is 1. The number of para-hydroxylation sites is 1. The minimum atomic E-state index is -0.480. The summed E-state index contributed by atoms with van der Waals surface area (Å²) in [5, 5.41) is 23.0. The number of furan rings is 1. The first-order valence-electron chi connectivity index (χ1n) is 7.26. The number of rotatable bonds is 6. The van der Waals surface area contributed by atoms with Gasteiger partial charge in [-0.2, -0.15) is 5.10 Å². The molecule has 10 nitrogen and oxygen atoms in total. The third kappa shape index (κ3) is 4.08. The molecule has 1 amide bonds. The number of hydrazone groups is 1. The van der Waals surface area contributed by atoms with Crippen LogP contribution in [0, 0.1) is 10.1 Å². The van der Waals surface area contributed by atoms with E-state index in [1.54, 1.807) is 30.3 Å². The fourth-order valence-corrected chi connectivity index (χ4v) is 2.70. The van der Waals surface area contributed by atoms with Crippen molar-refractivity contribution in [3.05, 3.63) is 57.3 Å². The number of carbonyl (C=O) groups is 1. The van der Waals surface area contributed by atoms with E-state index in [-0.39, 0.29) is 23.1 Å². The summed E-state index contributed by atoms with van der Waals surface area (Å²) in [6, 6.07) is 9.43. The smallest absolute Gasteiger partial charge is 0.280 e. The van der Waals surface area contributed by atoms with Gasteiger partial charge in [0.05, 0.1) is 23.1 Å². The Bertz CT molecular complexity index is 980. The van der Waals surface area contributed by atoms with E-state index < -0.39 is 4.92 Å². The van der Waals surface area contributed by atoms with Crippen LogP contribution < -0.4 is 11.2 Å².